The van der Waals surface area contributed by atoms with Crippen LogP contribution < -0.4 is 4.74 Å². The summed E-state index contributed by atoms with van der Waals surface area (Å²) in [6, 6.07) is 1.28. The fraction of sp³-hybridized carbons (Fsp3) is 0.455. The van der Waals surface area contributed by atoms with Gasteiger partial charge in [-0.2, -0.15) is 0 Å². The average Bonchev–Trinajstić information content (AvgIpc) is 2.27. The van der Waals surface area contributed by atoms with Gasteiger partial charge in [0.05, 0.1) is 6.20 Å². The van der Waals surface area contributed by atoms with Crippen molar-refractivity contribution >= 4 is 5.97 Å². The van der Waals surface area contributed by atoms with E-state index in [2.05, 4.69) is 4.98 Å². The molecule has 0 saturated carbocycles. The van der Waals surface area contributed by atoms with Gasteiger partial charge in [0.15, 0.2) is 6.61 Å². The highest BCUT2D eigenvalue weighted by Crippen LogP contribution is 2.22. The van der Waals surface area contributed by atoms with Crippen LogP contribution in [0.5, 0.6) is 5.75 Å². The summed E-state index contributed by atoms with van der Waals surface area (Å²) in [7, 11) is 0. The third-order valence-electron chi connectivity index (χ3n) is 2.24. The van der Waals surface area contributed by atoms with E-state index in [1.165, 1.54) is 13.0 Å². The van der Waals surface area contributed by atoms with Crippen LogP contribution in [0, 0.1) is 6.92 Å². The molecule has 0 saturated heterocycles. The lowest BCUT2D eigenvalue weighted by atomic mass is 10.2. The first-order valence-electron chi connectivity index (χ1n) is 5.06. The van der Waals surface area contributed by atoms with Gasteiger partial charge >= 0.3 is 5.97 Å². The Morgan fingerprint density at radius 2 is 2.24 bits per heavy atom. The lowest BCUT2D eigenvalue weighted by Gasteiger charge is -2.15. The Bertz CT molecular complexity index is 421. The normalized spacial score (nSPS) is 11.3. The first-order valence-corrected chi connectivity index (χ1v) is 5.06. The Hall–Kier alpha value is -1.72. The minimum Gasteiger partial charge on any atom is -0.485 e. The lowest BCUT2D eigenvalue weighted by Crippen LogP contribution is -2.24. The number of nitrogens with zero attached hydrogens (tertiary/aromatic N) is 1. The summed E-state index contributed by atoms with van der Waals surface area (Å²) < 4.78 is 30.8. The molecule has 0 atom stereocenters. The molecule has 6 heteroatoms. The molecule has 0 spiro atoms. The highest BCUT2D eigenvalue weighted by Gasteiger charge is 2.27. The van der Waals surface area contributed by atoms with E-state index in [1.807, 2.05) is 0 Å². The molecule has 1 N–H and O–H groups in total. The van der Waals surface area contributed by atoms with Crippen molar-refractivity contribution < 1.29 is 23.4 Å². The second-order valence-electron chi connectivity index (χ2n) is 3.64. The van der Waals surface area contributed by atoms with Crippen molar-refractivity contribution in [3.05, 3.63) is 23.5 Å². The standard InChI is InChI=1S/C11H13F2NO3/c1-3-11(12,13)6-17-9-5-14-8(10(15)16)4-7(9)2/h4-5H,3,6H2,1-2H3,(H,15,16). The quantitative estimate of drug-likeness (QED) is 0.865. The number of alkyl halides is 2. The number of aromatic carboxylic acids is 1. The number of hydrogen-bond acceptors (Lipinski definition) is 3. The van der Waals surface area contributed by atoms with E-state index in [4.69, 9.17) is 9.84 Å². The first-order chi connectivity index (χ1) is 7.85. The van der Waals surface area contributed by atoms with Crippen molar-refractivity contribution in [3.8, 4) is 5.75 Å². The zero-order valence-corrected chi connectivity index (χ0v) is 9.54. The lowest BCUT2D eigenvalue weighted by molar-refractivity contribution is -0.0438. The molecule has 1 aromatic rings. The molecule has 1 rings (SSSR count). The highest BCUT2D eigenvalue weighted by molar-refractivity contribution is 5.85. The smallest absolute Gasteiger partial charge is 0.354 e. The van der Waals surface area contributed by atoms with Crippen LogP contribution in [-0.4, -0.2) is 28.6 Å². The molecule has 0 radical (unpaired) electrons. The maximum absolute atomic E-state index is 12.9. The maximum atomic E-state index is 12.9. The molecule has 4 nitrogen and oxygen atoms in total. The van der Waals surface area contributed by atoms with Crippen molar-refractivity contribution in [2.75, 3.05) is 6.61 Å². The fourth-order valence-electron chi connectivity index (χ4n) is 1.10. The van der Waals surface area contributed by atoms with Gasteiger partial charge in [-0.15, -0.1) is 0 Å². The molecule has 0 unspecified atom stereocenters. The Kier molecular flexibility index (Phi) is 3.98. The number of ether oxygens (including phenoxy) is 1. The topological polar surface area (TPSA) is 59.4 Å². The zero-order chi connectivity index (χ0) is 13.1. The van der Waals surface area contributed by atoms with Crippen LogP contribution in [0.1, 0.15) is 29.4 Å². The third-order valence-corrected chi connectivity index (χ3v) is 2.24. The minimum absolute atomic E-state index is 0.142. The number of pyridine rings is 1. The summed E-state index contributed by atoms with van der Waals surface area (Å²) in [5.74, 6) is -3.89. The van der Waals surface area contributed by atoms with Crippen LogP contribution in [0.4, 0.5) is 8.78 Å². The number of carboxylic acids is 1. The second kappa shape index (κ2) is 5.07. The largest absolute Gasteiger partial charge is 0.485 e. The van der Waals surface area contributed by atoms with Crippen LogP contribution in [0.25, 0.3) is 0 Å². The van der Waals surface area contributed by atoms with Crippen LogP contribution in [-0.2, 0) is 0 Å². The Labute approximate surface area is 97.2 Å². The van der Waals surface area contributed by atoms with E-state index < -0.39 is 18.5 Å². The fourth-order valence-corrected chi connectivity index (χ4v) is 1.10. The molecule has 0 fully saturated rings. The first kappa shape index (κ1) is 13.3. The number of aryl methyl sites for hydroxylation is 1. The number of aromatic nitrogens is 1. The minimum atomic E-state index is -2.89. The summed E-state index contributed by atoms with van der Waals surface area (Å²) in [6.45, 7) is 2.20. The predicted molar refractivity (Wildman–Crippen MR) is 56.7 cm³/mol. The van der Waals surface area contributed by atoms with Gasteiger partial charge in [-0.05, 0) is 18.6 Å². The molecule has 1 aromatic heterocycles. The number of halogens is 2. The zero-order valence-electron chi connectivity index (χ0n) is 9.54. The second-order valence-corrected chi connectivity index (χ2v) is 3.64. The van der Waals surface area contributed by atoms with Gasteiger partial charge in [0, 0.05) is 6.42 Å². The van der Waals surface area contributed by atoms with Crippen molar-refractivity contribution in [3.63, 3.8) is 0 Å². The number of carbonyl (C=O) groups is 1. The van der Waals surface area contributed by atoms with Crippen LogP contribution in [0.3, 0.4) is 0 Å². The Balaban J connectivity index is 2.77. The maximum Gasteiger partial charge on any atom is 0.354 e. The monoisotopic (exact) mass is 245 g/mol. The van der Waals surface area contributed by atoms with Crippen molar-refractivity contribution in [1.82, 2.24) is 4.98 Å². The summed E-state index contributed by atoms with van der Waals surface area (Å²) in [4.78, 5) is 14.2. The molecular weight excluding hydrogens is 232 g/mol. The molecule has 0 aliphatic heterocycles. The van der Waals surface area contributed by atoms with E-state index in [9.17, 15) is 13.6 Å². The van der Waals surface area contributed by atoms with Gasteiger partial charge in [-0.25, -0.2) is 18.6 Å². The third kappa shape index (κ3) is 3.65. The predicted octanol–water partition coefficient (Wildman–Crippen LogP) is 2.51. The summed E-state index contributed by atoms with van der Waals surface area (Å²) in [6.07, 6.45) is 0.831. The van der Waals surface area contributed by atoms with E-state index in [1.54, 1.807) is 6.92 Å². The van der Waals surface area contributed by atoms with Gasteiger partial charge in [0.2, 0.25) is 0 Å². The Morgan fingerprint density at radius 3 is 2.71 bits per heavy atom. The molecule has 1 heterocycles. The van der Waals surface area contributed by atoms with Gasteiger partial charge in [0.25, 0.3) is 5.92 Å². The van der Waals surface area contributed by atoms with E-state index in [0.29, 0.717) is 5.56 Å². The van der Waals surface area contributed by atoms with Crippen molar-refractivity contribution in [2.24, 2.45) is 0 Å². The number of rotatable bonds is 5. The van der Waals surface area contributed by atoms with Crippen LogP contribution >= 0.6 is 0 Å². The number of hydrogen-bond donors (Lipinski definition) is 1. The van der Waals surface area contributed by atoms with Crippen molar-refractivity contribution in [1.29, 1.82) is 0 Å². The van der Waals surface area contributed by atoms with Crippen molar-refractivity contribution in [2.45, 2.75) is 26.2 Å². The number of carboxylic acid groups (broad SMARTS) is 1. The average molecular weight is 245 g/mol. The molecule has 94 valence electrons. The van der Waals surface area contributed by atoms with Crippen LogP contribution in [0.15, 0.2) is 12.3 Å². The van der Waals surface area contributed by atoms with Crippen LogP contribution in [0.2, 0.25) is 0 Å². The molecule has 0 aliphatic carbocycles. The van der Waals surface area contributed by atoms with Gasteiger partial charge in [0.1, 0.15) is 11.4 Å². The molecule has 0 aromatic carbocycles. The highest BCUT2D eigenvalue weighted by atomic mass is 19.3. The van der Waals surface area contributed by atoms with Gasteiger partial charge < -0.3 is 9.84 Å². The summed E-state index contributed by atoms with van der Waals surface area (Å²) >= 11 is 0. The molecule has 0 bridgehead atoms. The molecular formula is C11H13F2NO3. The van der Waals surface area contributed by atoms with Gasteiger partial charge in [-0.3, -0.25) is 0 Å². The van der Waals surface area contributed by atoms with Gasteiger partial charge in [-0.1, -0.05) is 6.92 Å². The Morgan fingerprint density at radius 1 is 1.59 bits per heavy atom. The summed E-state index contributed by atoms with van der Waals surface area (Å²) in [5.41, 5.74) is 0.321. The molecule has 0 amide bonds. The molecule has 0 aliphatic rings. The summed E-state index contributed by atoms with van der Waals surface area (Å²) in [5, 5.41) is 8.67. The van der Waals surface area contributed by atoms with E-state index in [-0.39, 0.29) is 17.9 Å². The SMILES string of the molecule is CCC(F)(F)COc1cnc(C(=O)O)cc1C. The van der Waals surface area contributed by atoms with E-state index >= 15 is 0 Å². The molecule has 17 heavy (non-hydrogen) atoms. The van der Waals surface area contributed by atoms with E-state index in [0.717, 1.165) is 6.20 Å².